The van der Waals surface area contributed by atoms with Gasteiger partial charge in [-0.15, -0.1) is 0 Å². The quantitative estimate of drug-likeness (QED) is 0.0269. The molecule has 0 aromatic heterocycles. The molecule has 118 heavy (non-hydrogen) atoms. The van der Waals surface area contributed by atoms with E-state index in [-0.39, 0.29) is 104 Å². The molecule has 0 saturated carbocycles. The highest BCUT2D eigenvalue weighted by molar-refractivity contribution is 5.80. The lowest BCUT2D eigenvalue weighted by Crippen LogP contribution is -2.66. The third-order valence-electron chi connectivity index (χ3n) is 18.5. The number of nitrogens with one attached hydrogen (secondary N) is 3. The second-order valence-electron chi connectivity index (χ2n) is 28.2. The number of carbonyl (C=O) groups excluding carboxylic acids is 2. The maximum absolute atomic E-state index is 14.4. The molecule has 0 bridgehead atoms. The Morgan fingerprint density at radius 3 is 0.966 bits per heavy atom. The highest BCUT2D eigenvalue weighted by Gasteiger charge is 2.49. The van der Waals surface area contributed by atoms with Gasteiger partial charge in [-0.05, 0) is 12.8 Å². The van der Waals surface area contributed by atoms with Gasteiger partial charge in [-0.3, -0.25) is 111 Å². The highest BCUT2D eigenvalue weighted by atomic mass is 16.6. The first-order chi connectivity index (χ1) is 55.5. The molecule has 0 radical (unpaired) electrons. The molecule has 0 aromatic rings. The van der Waals surface area contributed by atoms with E-state index in [2.05, 4.69) is 22.5 Å². The number of carboxylic acids is 12. The van der Waals surface area contributed by atoms with E-state index in [4.69, 9.17) is 18.9 Å². The first-order valence-corrected chi connectivity index (χ1v) is 36.9. The Hall–Kier alpha value is -8.76. The summed E-state index contributed by atoms with van der Waals surface area (Å²) >= 11 is 0. The first-order valence-electron chi connectivity index (χ1n) is 36.9. The summed E-state index contributed by atoms with van der Waals surface area (Å²) in [6, 6.07) is -4.95. The number of hydrogen-bond donors (Lipinski definition) is 24. The summed E-state index contributed by atoms with van der Waals surface area (Å²) in [5.74, 6) is -21.8. The van der Waals surface area contributed by atoms with Crippen molar-refractivity contribution in [1.29, 1.82) is 0 Å². The van der Waals surface area contributed by atoms with Crippen LogP contribution in [-0.2, 0) is 86.1 Å². The van der Waals surface area contributed by atoms with Gasteiger partial charge in [0, 0.05) is 103 Å². The van der Waals surface area contributed by atoms with Crippen LogP contribution in [0, 0.1) is 11.8 Å². The Kier molecular flexibility index (Phi) is 49.9. The van der Waals surface area contributed by atoms with Gasteiger partial charge in [0.25, 0.3) is 0 Å². The zero-order valence-electron chi connectivity index (χ0n) is 64.7. The van der Waals surface area contributed by atoms with Crippen molar-refractivity contribution in [2.24, 2.45) is 11.8 Å². The number of carboxylic acid groups (broad SMARTS) is 12. The molecule has 51 heteroatoms. The zero-order chi connectivity index (χ0) is 89.1. The number of amides is 2. The molecule has 2 heterocycles. The van der Waals surface area contributed by atoms with Crippen molar-refractivity contribution < 1.29 is 193 Å². The molecule has 0 unspecified atom stereocenters. The lowest BCUT2D eigenvalue weighted by Gasteiger charge is -2.45. The highest BCUT2D eigenvalue weighted by Crippen LogP contribution is 2.29. The van der Waals surface area contributed by atoms with Gasteiger partial charge in [-0.25, -0.2) is 0 Å². The molecule has 2 rings (SSSR count). The van der Waals surface area contributed by atoms with Crippen LogP contribution >= 0.6 is 0 Å². The third-order valence-corrected chi connectivity index (χ3v) is 18.5. The van der Waals surface area contributed by atoms with E-state index in [0.29, 0.717) is 0 Å². The summed E-state index contributed by atoms with van der Waals surface area (Å²) in [4.78, 5) is 179. The van der Waals surface area contributed by atoms with Crippen LogP contribution in [0.5, 0.6) is 0 Å². The predicted molar refractivity (Wildman–Crippen MR) is 393 cm³/mol. The van der Waals surface area contributed by atoms with E-state index in [0.717, 1.165) is 24.5 Å². The third kappa shape index (κ3) is 43.3. The summed E-state index contributed by atoms with van der Waals surface area (Å²) < 4.78 is 24.1. The normalized spacial score (nSPS) is 20.6. The van der Waals surface area contributed by atoms with Crippen LogP contribution < -0.4 is 16.0 Å². The molecule has 2 fully saturated rings. The molecule has 14 atom stereocenters. The zero-order valence-corrected chi connectivity index (χ0v) is 64.7. The Morgan fingerprint density at radius 1 is 0.339 bits per heavy atom. The number of ether oxygens (including phenoxy) is 4. The van der Waals surface area contributed by atoms with E-state index < -0.39 is 313 Å². The van der Waals surface area contributed by atoms with E-state index in [1.807, 2.05) is 0 Å². The lowest BCUT2D eigenvalue weighted by molar-refractivity contribution is -0.217. The van der Waals surface area contributed by atoms with E-state index in [9.17, 15) is 174 Å². The molecule has 24 N–H and O–H groups in total. The summed E-state index contributed by atoms with van der Waals surface area (Å²) in [6.07, 6.45) is -15.9. The van der Waals surface area contributed by atoms with Gasteiger partial charge < -0.3 is 142 Å². The fraction of sp³-hybridized carbons (Fsp3) is 0.761. The van der Waals surface area contributed by atoms with Gasteiger partial charge in [0.05, 0.1) is 187 Å². The van der Waals surface area contributed by atoms with Crippen molar-refractivity contribution in [3.63, 3.8) is 0 Å². The van der Waals surface area contributed by atoms with Crippen LogP contribution in [0.2, 0.25) is 0 Å². The van der Waals surface area contributed by atoms with Gasteiger partial charge in [0.1, 0.15) is 30.5 Å². The molecule has 2 saturated heterocycles. The molecule has 2 aliphatic rings. The van der Waals surface area contributed by atoms with E-state index in [1.54, 1.807) is 0 Å². The van der Waals surface area contributed by atoms with Gasteiger partial charge in [-0.2, -0.15) is 0 Å². The molecule has 0 spiro atoms. The maximum Gasteiger partial charge on any atom is 0.317 e. The minimum absolute atomic E-state index is 0.00109. The van der Waals surface area contributed by atoms with Crippen molar-refractivity contribution in [2.75, 3.05) is 230 Å². The maximum atomic E-state index is 14.4. The smallest absolute Gasteiger partial charge is 0.317 e. The standard InChI is InChI=1S/C67H114N12O39/c1-39(16-76(26-57(101)102)12-8-71(19-50(87)88)4-2-6-74(22-53(93)94)23-54(95)96)68-42(31-80)64(111)40(43(84)32-81)35-115-37-46-62(69-48(85)17-77(27-58(103)104)13-9-72(20-51(89)90)5-3-7-75(24-55(97)98)25-56(99)100)65(112)41(44(33-82)117-46)36-116-38-47-63(67(114)66(113)45(34-83)118-47)70-49(86)18-78(28-59(105)106)14-10-73(21-52(91)92)11-15-79(29-60(107)108)30-61(109)110/h40-47,62-68,80-84,111-114H,1-38H2,(H,69,85)(H,70,86)(H,87,88)(H,89,90)(H,91,92)(H,93,94)(H,95,96)(H,97,98)(H,99,100)(H,101,102)(H,103,104)(H,105,106)(H,107,108)(H,109,110)/t40-,41-,42-,43+,44+,45+,46+,47+,62-,63-,64-,65-,66-,67+/m0/s1. The summed E-state index contributed by atoms with van der Waals surface area (Å²) in [7, 11) is 0. The first kappa shape index (κ1) is 105. The van der Waals surface area contributed by atoms with Gasteiger partial charge >= 0.3 is 71.6 Å². The number of aliphatic hydroxyl groups is 9. The minimum atomic E-state index is -2.00. The largest absolute Gasteiger partial charge is 0.480 e. The van der Waals surface area contributed by atoms with Crippen LogP contribution in [-0.4, -0.2) is 537 Å². The minimum Gasteiger partial charge on any atom is -0.480 e. The van der Waals surface area contributed by atoms with Crippen LogP contribution in [0.1, 0.15) is 12.8 Å². The number of nitrogens with zero attached hydrogens (tertiary/aromatic N) is 9. The van der Waals surface area contributed by atoms with Crippen LogP contribution in [0.15, 0.2) is 12.3 Å². The Bertz CT molecular complexity index is 3160. The second kappa shape index (κ2) is 55.9. The molecular formula is C67H114N12O39. The predicted octanol–water partition coefficient (Wildman–Crippen LogP) is -13.5. The fourth-order valence-electron chi connectivity index (χ4n) is 13.1. The average Bonchev–Trinajstić information content (AvgIpc) is 0.792. The Balaban J connectivity index is 2.59. The lowest BCUT2D eigenvalue weighted by atomic mass is 9.85. The summed E-state index contributed by atoms with van der Waals surface area (Å²) in [5.41, 5.74) is -0.0757. The van der Waals surface area contributed by atoms with Gasteiger partial charge in [0.15, 0.2) is 0 Å². The summed E-state index contributed by atoms with van der Waals surface area (Å²) in [5, 5.41) is 222. The molecule has 2 aliphatic heterocycles. The van der Waals surface area contributed by atoms with Gasteiger partial charge in [0.2, 0.25) is 11.8 Å². The van der Waals surface area contributed by atoms with E-state index >= 15 is 0 Å². The number of rotatable bonds is 69. The van der Waals surface area contributed by atoms with E-state index in [1.165, 1.54) is 19.6 Å². The number of aliphatic hydroxyl groups excluding tert-OH is 9. The second-order valence-corrected chi connectivity index (χ2v) is 28.2. The fourth-order valence-corrected chi connectivity index (χ4v) is 13.1. The average molecular weight is 1710 g/mol. The molecule has 0 aliphatic carbocycles. The number of hydrogen-bond acceptors (Lipinski definition) is 37. The van der Waals surface area contributed by atoms with Crippen LogP contribution in [0.25, 0.3) is 0 Å². The van der Waals surface area contributed by atoms with Crippen LogP contribution in [0.3, 0.4) is 0 Å². The Morgan fingerprint density at radius 2 is 0.627 bits per heavy atom. The van der Waals surface area contributed by atoms with Crippen molar-refractivity contribution in [3.05, 3.63) is 12.3 Å². The molecule has 51 nitrogen and oxygen atoms in total. The van der Waals surface area contributed by atoms with Crippen molar-refractivity contribution in [1.82, 2.24) is 60.0 Å². The van der Waals surface area contributed by atoms with Crippen LogP contribution in [0.4, 0.5) is 0 Å². The van der Waals surface area contributed by atoms with Crippen molar-refractivity contribution >= 4 is 83.4 Å². The SMILES string of the molecule is C=C(CN(CCN(CCCN(CC(=O)O)CC(=O)O)CC(=O)O)CC(=O)O)N[C@@H](CO)[C@@H](O)[C@@H](COC[C@H]1O[C@H](CO)[C@H](COC[C@H]2O[C@H](CO)[C@H](O)[C@H](O)[C@H]2NC(=O)CN(CCN(CCN(CC(=O)O)CC(=O)O)CC(=O)O)CC(=O)O)[C@H](O)[C@H]1NC(=O)CN(CCN(CCCN(CC(=O)O)CC(=O)O)CC(=O)O)CC(=O)O)[C@H](O)CO. The van der Waals surface area contributed by atoms with Crippen molar-refractivity contribution in [3.8, 4) is 0 Å². The molecular weight excluding hydrogens is 1600 g/mol. The van der Waals surface area contributed by atoms with Crippen molar-refractivity contribution in [2.45, 2.75) is 85.9 Å². The topological polar surface area (TPSA) is 766 Å². The summed E-state index contributed by atoms with van der Waals surface area (Å²) in [6.45, 7) is -16.2. The number of carbonyl (C=O) groups is 14. The number of aliphatic carboxylic acids is 12. The monoisotopic (exact) mass is 1710 g/mol. The Labute approximate surface area is 674 Å². The molecule has 2 amide bonds. The van der Waals surface area contributed by atoms with Gasteiger partial charge in [-0.1, -0.05) is 6.58 Å². The molecule has 0 aromatic carbocycles. The molecule has 676 valence electrons.